The molecule has 1 aromatic heterocycles. The largest absolute Gasteiger partial charge is 0.381 e. The van der Waals surface area contributed by atoms with E-state index < -0.39 is 0 Å². The molecule has 0 bridgehead atoms. The van der Waals surface area contributed by atoms with Crippen LogP contribution in [-0.2, 0) is 19.5 Å². The molecule has 0 atom stereocenters. The standard InChI is InChI=1S/C31H33FN4S/c1-22-9-7-14-29(17-22)24(3)33-19-26-11-8-12-27(18-26)20-34-31(36-25(4)30(37-32)21-35-36)16-15-28-13-6-5-10-23(28)2/h5-14,16-18,21,33-34H,3,15,19-20H2,1-2,4H3/b31-16-. The van der Waals surface area contributed by atoms with Crippen LogP contribution < -0.4 is 10.6 Å². The van der Waals surface area contributed by atoms with Gasteiger partial charge < -0.3 is 10.6 Å². The fourth-order valence-corrected chi connectivity index (χ4v) is 4.46. The zero-order chi connectivity index (χ0) is 26.2. The van der Waals surface area contributed by atoms with Crippen LogP contribution in [0.1, 0.15) is 39.1 Å². The van der Waals surface area contributed by atoms with Crippen LogP contribution >= 0.6 is 12.1 Å². The van der Waals surface area contributed by atoms with Crippen molar-refractivity contribution in [2.75, 3.05) is 0 Å². The van der Waals surface area contributed by atoms with E-state index in [0.29, 0.717) is 18.0 Å². The summed E-state index contributed by atoms with van der Waals surface area (Å²) in [6.45, 7) is 11.6. The van der Waals surface area contributed by atoms with Gasteiger partial charge in [-0.15, -0.1) is 0 Å². The third-order valence-corrected chi connectivity index (χ3v) is 6.96. The SMILES string of the molecule is C=C(NCc1cccc(CN/C(=C/Cc2ccccc2C)n2ncc(SF)c2C)c1)c1cccc(C)c1. The molecule has 0 amide bonds. The second-order valence-electron chi connectivity index (χ2n) is 9.18. The van der Waals surface area contributed by atoms with E-state index >= 15 is 0 Å². The molecule has 3 aromatic carbocycles. The number of nitrogens with zero attached hydrogens (tertiary/aromatic N) is 2. The Kier molecular flexibility index (Phi) is 8.86. The summed E-state index contributed by atoms with van der Waals surface area (Å²) in [5.41, 5.74) is 8.78. The Labute approximate surface area is 223 Å². The highest BCUT2D eigenvalue weighted by atomic mass is 32.2. The van der Waals surface area contributed by atoms with E-state index in [2.05, 4.69) is 96.8 Å². The predicted octanol–water partition coefficient (Wildman–Crippen LogP) is 7.38. The van der Waals surface area contributed by atoms with Gasteiger partial charge >= 0.3 is 0 Å². The topological polar surface area (TPSA) is 41.9 Å². The van der Waals surface area contributed by atoms with Gasteiger partial charge in [0.1, 0.15) is 5.82 Å². The summed E-state index contributed by atoms with van der Waals surface area (Å²) in [6.07, 6.45) is 4.43. The zero-order valence-corrected chi connectivity index (χ0v) is 22.4. The second kappa shape index (κ2) is 12.5. The van der Waals surface area contributed by atoms with Crippen molar-refractivity contribution in [3.05, 3.63) is 131 Å². The van der Waals surface area contributed by atoms with Crippen LogP contribution in [0.5, 0.6) is 0 Å². The van der Waals surface area contributed by atoms with E-state index in [4.69, 9.17) is 0 Å². The molecule has 4 rings (SSSR count). The van der Waals surface area contributed by atoms with Crippen molar-refractivity contribution in [2.45, 2.75) is 45.2 Å². The molecule has 0 fully saturated rings. The number of hydrogen-bond acceptors (Lipinski definition) is 4. The van der Waals surface area contributed by atoms with Crippen molar-refractivity contribution in [1.29, 1.82) is 0 Å². The van der Waals surface area contributed by atoms with E-state index in [1.807, 2.05) is 25.1 Å². The van der Waals surface area contributed by atoms with E-state index in [1.165, 1.54) is 22.3 Å². The van der Waals surface area contributed by atoms with Gasteiger partial charge in [0.05, 0.1) is 28.9 Å². The summed E-state index contributed by atoms with van der Waals surface area (Å²) in [5, 5.41) is 11.4. The summed E-state index contributed by atoms with van der Waals surface area (Å²) in [4.78, 5) is 0.519. The molecule has 0 unspecified atom stereocenters. The van der Waals surface area contributed by atoms with Gasteiger partial charge in [-0.05, 0) is 67.2 Å². The van der Waals surface area contributed by atoms with E-state index in [-0.39, 0.29) is 12.1 Å². The predicted molar refractivity (Wildman–Crippen MR) is 153 cm³/mol. The zero-order valence-electron chi connectivity index (χ0n) is 21.6. The lowest BCUT2D eigenvalue weighted by Crippen LogP contribution is -2.19. The van der Waals surface area contributed by atoms with Crippen molar-refractivity contribution in [1.82, 2.24) is 20.4 Å². The molecule has 190 valence electrons. The van der Waals surface area contributed by atoms with Gasteiger partial charge in [0.15, 0.2) is 0 Å². The van der Waals surface area contributed by atoms with Gasteiger partial charge in [-0.2, -0.15) is 8.98 Å². The Hall–Kier alpha value is -3.77. The molecule has 0 aliphatic heterocycles. The minimum atomic E-state index is 0.221. The van der Waals surface area contributed by atoms with Crippen LogP contribution in [0.25, 0.3) is 11.5 Å². The van der Waals surface area contributed by atoms with Crippen LogP contribution in [0.4, 0.5) is 3.89 Å². The molecule has 4 nitrogen and oxygen atoms in total. The van der Waals surface area contributed by atoms with Gasteiger partial charge in [0, 0.05) is 18.8 Å². The Morgan fingerprint density at radius 2 is 1.68 bits per heavy atom. The molecular formula is C31H33FN4S. The number of halogens is 1. The van der Waals surface area contributed by atoms with Gasteiger partial charge in [-0.25, -0.2) is 4.68 Å². The fraction of sp³-hybridized carbons (Fsp3) is 0.194. The molecule has 37 heavy (non-hydrogen) atoms. The maximum Gasteiger partial charge on any atom is 0.124 e. The first kappa shape index (κ1) is 26.3. The van der Waals surface area contributed by atoms with Gasteiger partial charge in [0.2, 0.25) is 0 Å². The highest BCUT2D eigenvalue weighted by Gasteiger charge is 2.11. The number of rotatable bonds is 11. The van der Waals surface area contributed by atoms with Crippen molar-refractivity contribution in [3.63, 3.8) is 0 Å². The molecule has 6 heteroatoms. The molecule has 0 aliphatic rings. The summed E-state index contributed by atoms with van der Waals surface area (Å²) in [7, 11) is 0. The maximum atomic E-state index is 13.3. The Bertz CT molecular complexity index is 1410. The van der Waals surface area contributed by atoms with E-state index in [1.54, 1.807) is 10.9 Å². The average Bonchev–Trinajstić information content (AvgIpc) is 3.28. The number of benzene rings is 3. The van der Waals surface area contributed by atoms with Crippen LogP contribution in [0, 0.1) is 20.8 Å². The molecular weight excluding hydrogens is 479 g/mol. The molecule has 1 heterocycles. The summed E-state index contributed by atoms with van der Waals surface area (Å²) in [5.74, 6) is 0.831. The van der Waals surface area contributed by atoms with Gasteiger partial charge in [-0.1, -0.05) is 78.9 Å². The van der Waals surface area contributed by atoms with Crippen LogP contribution in [0.2, 0.25) is 0 Å². The molecule has 0 radical (unpaired) electrons. The van der Waals surface area contributed by atoms with Crippen LogP contribution in [0.3, 0.4) is 0 Å². The Morgan fingerprint density at radius 1 is 0.946 bits per heavy atom. The van der Waals surface area contributed by atoms with Crippen LogP contribution in [-0.4, -0.2) is 9.78 Å². The molecule has 0 saturated heterocycles. The number of nitrogens with one attached hydrogen (secondary N) is 2. The summed E-state index contributed by atoms with van der Waals surface area (Å²) in [6, 6.07) is 25.1. The quantitative estimate of drug-likeness (QED) is 0.220. The molecule has 2 N–H and O–H groups in total. The fourth-order valence-electron chi connectivity index (χ4n) is 4.18. The minimum absolute atomic E-state index is 0.221. The third kappa shape index (κ3) is 6.92. The minimum Gasteiger partial charge on any atom is -0.381 e. The summed E-state index contributed by atoms with van der Waals surface area (Å²) < 4.78 is 15.1. The average molecular weight is 513 g/mol. The van der Waals surface area contributed by atoms with Gasteiger partial charge in [-0.3, -0.25) is 0 Å². The Balaban J connectivity index is 1.47. The maximum absolute atomic E-state index is 13.3. The lowest BCUT2D eigenvalue weighted by molar-refractivity contribution is 0.749. The number of hydrogen-bond donors (Lipinski definition) is 2. The highest BCUT2D eigenvalue weighted by Crippen LogP contribution is 2.24. The first-order chi connectivity index (χ1) is 17.9. The van der Waals surface area contributed by atoms with Crippen molar-refractivity contribution in [2.24, 2.45) is 0 Å². The lowest BCUT2D eigenvalue weighted by atomic mass is 10.1. The number of aryl methyl sites for hydroxylation is 2. The van der Waals surface area contributed by atoms with Gasteiger partial charge in [0.25, 0.3) is 0 Å². The normalized spacial score (nSPS) is 11.4. The number of allylic oxidation sites excluding steroid dienone is 1. The lowest BCUT2D eigenvalue weighted by Gasteiger charge is -2.15. The first-order valence-corrected chi connectivity index (χ1v) is 13.1. The number of aromatic nitrogens is 2. The summed E-state index contributed by atoms with van der Waals surface area (Å²) >= 11 is 0.221. The van der Waals surface area contributed by atoms with Crippen molar-refractivity contribution < 1.29 is 3.89 Å². The molecule has 0 spiro atoms. The highest BCUT2D eigenvalue weighted by molar-refractivity contribution is 7.94. The smallest absolute Gasteiger partial charge is 0.124 e. The van der Waals surface area contributed by atoms with E-state index in [0.717, 1.165) is 34.8 Å². The van der Waals surface area contributed by atoms with Crippen LogP contribution in [0.15, 0.2) is 96.5 Å². The van der Waals surface area contributed by atoms with Crippen molar-refractivity contribution in [3.8, 4) is 0 Å². The molecule has 0 saturated carbocycles. The third-order valence-electron chi connectivity index (χ3n) is 6.39. The molecule has 0 aliphatic carbocycles. The van der Waals surface area contributed by atoms with E-state index in [9.17, 15) is 3.89 Å². The monoisotopic (exact) mass is 512 g/mol. The molecule has 4 aromatic rings. The first-order valence-electron chi connectivity index (χ1n) is 12.3. The van der Waals surface area contributed by atoms with Crippen molar-refractivity contribution >= 4 is 23.7 Å². The Morgan fingerprint density at radius 3 is 2.38 bits per heavy atom. The second-order valence-corrected chi connectivity index (χ2v) is 9.77.